The number of carbonyl (C=O) groups is 1. The average molecular weight is 508 g/mol. The summed E-state index contributed by atoms with van der Waals surface area (Å²) >= 11 is 0. The van der Waals surface area contributed by atoms with Crippen LogP contribution in [0.1, 0.15) is 74.7 Å². The Morgan fingerprint density at radius 3 is 2.27 bits per heavy atom. The molecule has 0 N–H and O–H groups in total. The Kier molecular flexibility index (Phi) is 5.65. The third-order valence-corrected chi connectivity index (χ3v) is 9.97. The normalized spacial score (nSPS) is 31.3. The van der Waals surface area contributed by atoms with Crippen molar-refractivity contribution in [2.45, 2.75) is 64.3 Å². The highest BCUT2D eigenvalue weighted by Crippen LogP contribution is 2.60. The molecule has 6 fully saturated rings. The van der Waals surface area contributed by atoms with Crippen LogP contribution in [0.3, 0.4) is 0 Å². The molecule has 7 heteroatoms. The van der Waals surface area contributed by atoms with Gasteiger partial charge in [-0.3, -0.25) is 9.69 Å². The van der Waals surface area contributed by atoms with Crippen molar-refractivity contribution in [3.8, 4) is 0 Å². The maximum absolute atomic E-state index is 15.5. The van der Waals surface area contributed by atoms with Gasteiger partial charge in [0.25, 0.3) is 0 Å². The fraction of sp³-hybridized carbons (Fsp3) is 0.667. The number of esters is 1. The summed E-state index contributed by atoms with van der Waals surface area (Å²) in [6.45, 7) is 6.62. The van der Waals surface area contributed by atoms with E-state index in [4.69, 9.17) is 4.74 Å². The molecule has 8 rings (SSSR count). The summed E-state index contributed by atoms with van der Waals surface area (Å²) in [7, 11) is 0. The highest BCUT2D eigenvalue weighted by Gasteiger charge is 2.51. The van der Waals surface area contributed by atoms with E-state index in [9.17, 15) is 9.59 Å². The number of aromatic nitrogens is 1. The summed E-state index contributed by atoms with van der Waals surface area (Å²) in [6, 6.07) is 3.43. The van der Waals surface area contributed by atoms with Crippen molar-refractivity contribution in [3.63, 3.8) is 0 Å². The van der Waals surface area contributed by atoms with E-state index in [2.05, 4.69) is 9.80 Å². The number of piperazine rings is 1. The molecule has 1 aromatic heterocycles. The lowest BCUT2D eigenvalue weighted by Gasteiger charge is -2.58. The number of anilines is 1. The van der Waals surface area contributed by atoms with Gasteiger partial charge in [0.15, 0.2) is 0 Å². The van der Waals surface area contributed by atoms with Crippen LogP contribution in [-0.4, -0.2) is 54.8 Å². The summed E-state index contributed by atoms with van der Waals surface area (Å²) in [5, 5.41) is 0.263. The second-order valence-corrected chi connectivity index (χ2v) is 12.7. The lowest BCUT2D eigenvalue weighted by atomic mass is 9.49. The molecule has 6 aliphatic rings. The SMILES string of the molecule is CCOC(=O)c1cn(C2CC2)c2cc(N3CCN(CC45CC6CC(CC(C6)C4)C5)CC3)c(F)cc2c1=O. The van der Waals surface area contributed by atoms with Gasteiger partial charge < -0.3 is 14.2 Å². The summed E-state index contributed by atoms with van der Waals surface area (Å²) in [5.41, 5.74) is 1.36. The Morgan fingerprint density at radius 1 is 1.03 bits per heavy atom. The molecule has 4 bridgehead atoms. The summed E-state index contributed by atoms with van der Waals surface area (Å²) < 4.78 is 22.6. The van der Waals surface area contributed by atoms with Crippen molar-refractivity contribution in [1.29, 1.82) is 0 Å². The standard InChI is InChI=1S/C30H38FN3O3/c1-2-37-29(36)24-17-34(22-3-4-22)26-13-27(25(31)12-23(26)28(24)35)33-7-5-32(6-8-33)18-30-14-19-9-20(15-30)11-21(10-19)16-30/h12-13,17,19-22H,2-11,14-16,18H2,1H3. The van der Waals surface area contributed by atoms with Crippen LogP contribution < -0.4 is 10.3 Å². The molecule has 1 aliphatic heterocycles. The predicted molar refractivity (Wildman–Crippen MR) is 142 cm³/mol. The minimum Gasteiger partial charge on any atom is -0.462 e. The molecule has 1 aromatic carbocycles. The molecule has 5 saturated carbocycles. The molecule has 0 atom stereocenters. The van der Waals surface area contributed by atoms with Gasteiger partial charge in [-0.05, 0) is 93.6 Å². The first-order valence-electron chi connectivity index (χ1n) is 14.4. The fourth-order valence-electron chi connectivity index (χ4n) is 8.71. The molecule has 1 saturated heterocycles. The summed E-state index contributed by atoms with van der Waals surface area (Å²) in [4.78, 5) is 30.3. The van der Waals surface area contributed by atoms with Gasteiger partial charge in [0, 0.05) is 50.3 Å². The lowest BCUT2D eigenvalue weighted by Crippen LogP contribution is -2.55. The number of nitrogens with zero attached hydrogens (tertiary/aromatic N) is 3. The van der Waals surface area contributed by atoms with Gasteiger partial charge in [-0.1, -0.05) is 0 Å². The number of benzene rings is 1. The van der Waals surface area contributed by atoms with E-state index in [0.717, 1.165) is 56.8 Å². The number of carbonyl (C=O) groups excluding carboxylic acids is 1. The molecule has 2 heterocycles. The first kappa shape index (κ1) is 23.7. The van der Waals surface area contributed by atoms with Crippen LogP contribution in [0.4, 0.5) is 10.1 Å². The van der Waals surface area contributed by atoms with E-state index in [-0.39, 0.29) is 29.4 Å². The van der Waals surface area contributed by atoms with Crippen molar-refractivity contribution in [2.75, 3.05) is 44.2 Å². The maximum Gasteiger partial charge on any atom is 0.343 e. The van der Waals surface area contributed by atoms with Gasteiger partial charge in [-0.2, -0.15) is 0 Å². The van der Waals surface area contributed by atoms with Crippen LogP contribution in [0.2, 0.25) is 0 Å². The van der Waals surface area contributed by atoms with Crippen molar-refractivity contribution in [1.82, 2.24) is 9.47 Å². The van der Waals surface area contributed by atoms with Gasteiger partial charge in [0.2, 0.25) is 5.43 Å². The molecule has 0 unspecified atom stereocenters. The Bertz CT molecular complexity index is 1260. The van der Waals surface area contributed by atoms with Crippen LogP contribution >= 0.6 is 0 Å². The number of halogens is 1. The molecule has 0 amide bonds. The zero-order chi connectivity index (χ0) is 25.3. The van der Waals surface area contributed by atoms with E-state index in [1.165, 1.54) is 51.1 Å². The largest absolute Gasteiger partial charge is 0.462 e. The van der Waals surface area contributed by atoms with Crippen molar-refractivity contribution >= 4 is 22.6 Å². The second-order valence-electron chi connectivity index (χ2n) is 12.7. The third kappa shape index (κ3) is 4.18. The van der Waals surface area contributed by atoms with E-state index in [0.29, 0.717) is 16.6 Å². The van der Waals surface area contributed by atoms with Crippen molar-refractivity contribution < 1.29 is 13.9 Å². The molecule has 37 heavy (non-hydrogen) atoms. The van der Waals surface area contributed by atoms with Crippen LogP contribution in [0, 0.1) is 29.0 Å². The number of rotatable bonds is 6. The third-order valence-electron chi connectivity index (χ3n) is 9.97. The topological polar surface area (TPSA) is 54.8 Å². The highest BCUT2D eigenvalue weighted by atomic mass is 19.1. The molecule has 0 spiro atoms. The molecule has 2 aromatic rings. The number of hydrogen-bond acceptors (Lipinski definition) is 5. The van der Waals surface area contributed by atoms with Gasteiger partial charge in [-0.15, -0.1) is 0 Å². The summed E-state index contributed by atoms with van der Waals surface area (Å²) in [5.74, 6) is 1.87. The zero-order valence-electron chi connectivity index (χ0n) is 21.9. The molecular formula is C30H38FN3O3. The molecule has 198 valence electrons. The van der Waals surface area contributed by atoms with E-state index in [1.54, 1.807) is 13.1 Å². The number of pyridine rings is 1. The molecule has 5 aliphatic carbocycles. The fourth-order valence-corrected chi connectivity index (χ4v) is 8.71. The quantitative estimate of drug-likeness (QED) is 0.516. The van der Waals surface area contributed by atoms with Crippen LogP contribution in [0.15, 0.2) is 23.1 Å². The second kappa shape index (κ2) is 8.82. The van der Waals surface area contributed by atoms with Crippen LogP contribution in [-0.2, 0) is 4.74 Å². The van der Waals surface area contributed by atoms with Gasteiger partial charge in [-0.25, -0.2) is 9.18 Å². The van der Waals surface area contributed by atoms with Crippen molar-refractivity contribution in [2.24, 2.45) is 23.2 Å². The maximum atomic E-state index is 15.5. The highest BCUT2D eigenvalue weighted by molar-refractivity contribution is 5.94. The zero-order valence-corrected chi connectivity index (χ0v) is 21.9. The molecular weight excluding hydrogens is 469 g/mol. The number of fused-ring (bicyclic) bond motifs is 1. The van der Waals surface area contributed by atoms with Gasteiger partial charge >= 0.3 is 5.97 Å². The molecule has 0 radical (unpaired) electrons. The monoisotopic (exact) mass is 507 g/mol. The Labute approximate surface area is 217 Å². The Hall–Kier alpha value is -2.41. The first-order valence-corrected chi connectivity index (χ1v) is 14.4. The number of ether oxygens (including phenoxy) is 1. The van der Waals surface area contributed by atoms with Gasteiger partial charge in [0.05, 0.1) is 17.8 Å². The molecule has 6 nitrogen and oxygen atoms in total. The first-order chi connectivity index (χ1) is 17.9. The van der Waals surface area contributed by atoms with Crippen LogP contribution in [0.5, 0.6) is 0 Å². The minimum atomic E-state index is -0.636. The van der Waals surface area contributed by atoms with E-state index >= 15 is 4.39 Å². The van der Waals surface area contributed by atoms with E-state index < -0.39 is 11.4 Å². The number of hydrogen-bond donors (Lipinski definition) is 0. The summed E-state index contributed by atoms with van der Waals surface area (Å²) in [6.07, 6.45) is 12.3. The predicted octanol–water partition coefficient (Wildman–Crippen LogP) is 4.99. The Morgan fingerprint density at radius 2 is 1.68 bits per heavy atom. The lowest BCUT2D eigenvalue weighted by molar-refractivity contribution is -0.0695. The smallest absolute Gasteiger partial charge is 0.343 e. The van der Waals surface area contributed by atoms with Crippen molar-refractivity contribution in [3.05, 3.63) is 39.9 Å². The average Bonchev–Trinajstić information content (AvgIpc) is 3.69. The van der Waals surface area contributed by atoms with Gasteiger partial charge in [0.1, 0.15) is 11.4 Å². The Balaban J connectivity index is 1.12. The van der Waals surface area contributed by atoms with Crippen LogP contribution in [0.25, 0.3) is 10.9 Å². The minimum absolute atomic E-state index is 0.00769. The van der Waals surface area contributed by atoms with E-state index in [1.807, 2.05) is 10.6 Å².